The summed E-state index contributed by atoms with van der Waals surface area (Å²) < 4.78 is 8.50. The first-order chi connectivity index (χ1) is 13.9. The summed E-state index contributed by atoms with van der Waals surface area (Å²) in [5.41, 5.74) is 3.89. The fraction of sp³-hybridized carbons (Fsp3) is 0.381. The largest absolute Gasteiger partial charge is 0.464 e. The summed E-state index contributed by atoms with van der Waals surface area (Å²) in [6, 6.07) is 9.83. The molecule has 0 atom stereocenters. The van der Waals surface area contributed by atoms with Crippen LogP contribution in [0.4, 0.5) is 0 Å². The van der Waals surface area contributed by atoms with Gasteiger partial charge in [0.25, 0.3) is 0 Å². The predicted molar refractivity (Wildman–Crippen MR) is 108 cm³/mol. The Morgan fingerprint density at radius 2 is 1.90 bits per heavy atom. The van der Waals surface area contributed by atoms with Gasteiger partial charge in [-0.3, -0.25) is 0 Å². The number of nitriles is 1. The number of hydrogen-bond donors (Lipinski definition) is 0. The lowest BCUT2D eigenvalue weighted by Gasteiger charge is -2.09. The third-order valence-corrected chi connectivity index (χ3v) is 4.84. The van der Waals surface area contributed by atoms with Crippen LogP contribution in [0.2, 0.25) is 0 Å². The number of benzene rings is 1. The second-order valence-corrected chi connectivity index (χ2v) is 7.22. The van der Waals surface area contributed by atoms with E-state index in [2.05, 4.69) is 35.4 Å². The van der Waals surface area contributed by atoms with Crippen LogP contribution in [0.15, 0.2) is 24.3 Å². The molecule has 8 nitrogen and oxygen atoms in total. The summed E-state index contributed by atoms with van der Waals surface area (Å²) in [5, 5.41) is 21.8. The molecule has 1 aromatic carbocycles. The Labute approximate surface area is 169 Å². The summed E-state index contributed by atoms with van der Waals surface area (Å²) in [7, 11) is 3.12. The summed E-state index contributed by atoms with van der Waals surface area (Å²) in [5.74, 6) is 0.624. The Morgan fingerprint density at radius 1 is 1.24 bits per heavy atom. The number of tetrazole rings is 1. The van der Waals surface area contributed by atoms with Crippen molar-refractivity contribution < 1.29 is 9.53 Å². The third-order valence-electron chi connectivity index (χ3n) is 4.84. The molecule has 0 spiro atoms. The van der Waals surface area contributed by atoms with Crippen LogP contribution in [0, 0.1) is 17.2 Å². The van der Waals surface area contributed by atoms with Crippen LogP contribution in [0.1, 0.15) is 42.5 Å². The monoisotopic (exact) mass is 392 g/mol. The molecule has 8 heteroatoms. The number of aromatic nitrogens is 5. The lowest BCUT2D eigenvalue weighted by Crippen LogP contribution is -2.10. The second-order valence-electron chi connectivity index (χ2n) is 7.22. The summed E-state index contributed by atoms with van der Waals surface area (Å²) in [6.07, 6.45) is 0.630. The molecule has 0 N–H and O–H groups in total. The molecule has 0 radical (unpaired) electrons. The van der Waals surface area contributed by atoms with Gasteiger partial charge in [0.15, 0.2) is 5.82 Å². The Bertz CT molecular complexity index is 1070. The number of carbonyl (C=O) groups is 1. The van der Waals surface area contributed by atoms with Crippen LogP contribution in [0.5, 0.6) is 0 Å². The van der Waals surface area contributed by atoms with Gasteiger partial charge in [0.2, 0.25) is 0 Å². The minimum atomic E-state index is -0.469. The molecule has 0 fully saturated rings. The van der Waals surface area contributed by atoms with Crippen molar-refractivity contribution in [3.8, 4) is 28.6 Å². The van der Waals surface area contributed by atoms with Crippen molar-refractivity contribution in [1.82, 2.24) is 24.8 Å². The number of hydrogen-bond acceptors (Lipinski definition) is 6. The highest BCUT2D eigenvalue weighted by molar-refractivity contribution is 5.98. The first-order valence-electron chi connectivity index (χ1n) is 9.49. The van der Waals surface area contributed by atoms with Crippen LogP contribution in [0.25, 0.3) is 22.5 Å². The van der Waals surface area contributed by atoms with E-state index in [0.29, 0.717) is 41.5 Å². The minimum absolute atomic E-state index is 0.373. The van der Waals surface area contributed by atoms with Crippen LogP contribution >= 0.6 is 0 Å². The van der Waals surface area contributed by atoms with Crippen molar-refractivity contribution in [3.63, 3.8) is 0 Å². The van der Waals surface area contributed by atoms with Crippen LogP contribution in [0.3, 0.4) is 0 Å². The zero-order valence-electron chi connectivity index (χ0n) is 17.3. The van der Waals surface area contributed by atoms with Crippen molar-refractivity contribution in [3.05, 3.63) is 41.2 Å². The van der Waals surface area contributed by atoms with Gasteiger partial charge in [-0.25, -0.2) is 9.48 Å². The highest BCUT2D eigenvalue weighted by atomic mass is 16.5. The van der Waals surface area contributed by atoms with Crippen molar-refractivity contribution in [2.45, 2.75) is 33.7 Å². The molecular formula is C21H24N6O2. The first kappa shape index (κ1) is 20.3. The Hall–Kier alpha value is -3.47. The highest BCUT2D eigenvalue weighted by Gasteiger charge is 2.26. The molecule has 3 rings (SSSR count). The van der Waals surface area contributed by atoms with Gasteiger partial charge < -0.3 is 9.30 Å². The van der Waals surface area contributed by atoms with Gasteiger partial charge >= 0.3 is 5.97 Å². The van der Waals surface area contributed by atoms with E-state index in [4.69, 9.17) is 4.74 Å². The van der Waals surface area contributed by atoms with E-state index in [1.807, 2.05) is 31.2 Å². The van der Waals surface area contributed by atoms with Crippen molar-refractivity contribution in [2.75, 3.05) is 7.11 Å². The van der Waals surface area contributed by atoms with Gasteiger partial charge in [0.05, 0.1) is 12.7 Å². The Morgan fingerprint density at radius 3 is 2.45 bits per heavy atom. The van der Waals surface area contributed by atoms with E-state index >= 15 is 0 Å². The molecule has 29 heavy (non-hydrogen) atoms. The lowest BCUT2D eigenvalue weighted by molar-refractivity contribution is 0.0590. The molecule has 2 aromatic heterocycles. The molecular weight excluding hydrogens is 368 g/mol. The fourth-order valence-corrected chi connectivity index (χ4v) is 3.55. The van der Waals surface area contributed by atoms with E-state index in [1.54, 1.807) is 16.3 Å². The van der Waals surface area contributed by atoms with Crippen LogP contribution < -0.4 is 0 Å². The van der Waals surface area contributed by atoms with E-state index in [9.17, 15) is 10.1 Å². The Kier molecular flexibility index (Phi) is 5.78. The molecule has 3 aromatic rings. The van der Waals surface area contributed by atoms with E-state index < -0.39 is 5.97 Å². The molecule has 0 aliphatic heterocycles. The number of ether oxygens (including phenoxy) is 1. The zero-order chi connectivity index (χ0) is 21.1. The standard InChI is InChI=1S/C21H24N6O2/c1-6-17-16(11-22)18(19(26(17)4)21(28)29-5)14-7-9-15(10-8-14)20-23-24-25-27(20)12-13(2)3/h7-10,13H,6,12H2,1-5H3. The number of carbonyl (C=O) groups excluding carboxylic acids is 1. The van der Waals surface area contributed by atoms with Gasteiger partial charge in [-0.1, -0.05) is 45.0 Å². The van der Waals surface area contributed by atoms with E-state index in [0.717, 1.165) is 16.8 Å². The van der Waals surface area contributed by atoms with Gasteiger partial charge in [0, 0.05) is 30.4 Å². The maximum absolute atomic E-state index is 12.4. The molecule has 0 saturated carbocycles. The zero-order valence-corrected chi connectivity index (χ0v) is 17.3. The number of nitrogens with zero attached hydrogens (tertiary/aromatic N) is 6. The third kappa shape index (κ3) is 3.63. The molecule has 0 aliphatic carbocycles. The van der Waals surface area contributed by atoms with Crippen molar-refractivity contribution >= 4 is 5.97 Å². The summed E-state index contributed by atoms with van der Waals surface area (Å²) in [4.78, 5) is 12.4. The quantitative estimate of drug-likeness (QED) is 0.597. The van der Waals surface area contributed by atoms with Gasteiger partial charge in [-0.05, 0) is 28.3 Å². The Balaban J connectivity index is 2.11. The van der Waals surface area contributed by atoms with E-state index in [1.165, 1.54) is 7.11 Å². The predicted octanol–water partition coefficient (Wildman–Crippen LogP) is 3.22. The van der Waals surface area contributed by atoms with Crippen molar-refractivity contribution in [1.29, 1.82) is 5.26 Å². The summed E-state index contributed by atoms with van der Waals surface area (Å²) in [6.45, 7) is 6.88. The minimum Gasteiger partial charge on any atom is -0.464 e. The smallest absolute Gasteiger partial charge is 0.355 e. The SMILES string of the molecule is CCc1c(C#N)c(-c2ccc(-c3nnnn3CC(C)C)cc2)c(C(=O)OC)n1C. The number of esters is 1. The maximum atomic E-state index is 12.4. The highest BCUT2D eigenvalue weighted by Crippen LogP contribution is 2.34. The number of rotatable bonds is 6. The first-order valence-corrected chi connectivity index (χ1v) is 9.49. The van der Waals surface area contributed by atoms with Crippen LogP contribution in [-0.4, -0.2) is 37.9 Å². The maximum Gasteiger partial charge on any atom is 0.355 e. The topological polar surface area (TPSA) is 98.6 Å². The summed E-state index contributed by atoms with van der Waals surface area (Å²) >= 11 is 0. The lowest BCUT2D eigenvalue weighted by atomic mass is 9.98. The molecule has 0 amide bonds. The van der Waals surface area contributed by atoms with Gasteiger partial charge in [0.1, 0.15) is 11.8 Å². The fourth-order valence-electron chi connectivity index (χ4n) is 3.55. The molecule has 2 heterocycles. The molecule has 0 aliphatic rings. The molecule has 0 saturated heterocycles. The molecule has 150 valence electrons. The average molecular weight is 392 g/mol. The van der Waals surface area contributed by atoms with Gasteiger partial charge in [-0.2, -0.15) is 5.26 Å². The second kappa shape index (κ2) is 8.27. The van der Waals surface area contributed by atoms with E-state index in [-0.39, 0.29) is 0 Å². The molecule has 0 unspecified atom stereocenters. The van der Waals surface area contributed by atoms with Gasteiger partial charge in [-0.15, -0.1) is 5.10 Å². The normalized spacial score (nSPS) is 10.9. The average Bonchev–Trinajstić information content (AvgIpc) is 3.28. The molecule has 0 bridgehead atoms. The van der Waals surface area contributed by atoms with Crippen molar-refractivity contribution in [2.24, 2.45) is 13.0 Å². The number of methoxy groups -OCH3 is 1. The van der Waals surface area contributed by atoms with Crippen LogP contribution in [-0.2, 0) is 24.8 Å².